The van der Waals surface area contributed by atoms with Crippen LogP contribution in [-0.2, 0) is 4.79 Å². The number of aromatic nitrogens is 2. The van der Waals surface area contributed by atoms with E-state index in [-0.39, 0.29) is 5.91 Å². The molecule has 1 rings (SSSR count). The molecule has 1 aromatic rings. The Bertz CT molecular complexity index is 254. The number of nitrogens with zero attached hydrogens (tertiary/aromatic N) is 2. The zero-order valence-electron chi connectivity index (χ0n) is 6.64. The van der Waals surface area contributed by atoms with Crippen molar-refractivity contribution in [2.75, 3.05) is 0 Å². The number of aldehydes is 1. The summed E-state index contributed by atoms with van der Waals surface area (Å²) < 4.78 is 1.42. The van der Waals surface area contributed by atoms with Crippen molar-refractivity contribution in [3.63, 3.8) is 0 Å². The van der Waals surface area contributed by atoms with Gasteiger partial charge in [0.1, 0.15) is 12.6 Å². The normalized spacial score (nSPS) is 9.67. The minimum atomic E-state index is -0.0191. The van der Waals surface area contributed by atoms with E-state index in [4.69, 9.17) is 0 Å². The fraction of sp³-hybridized carbons (Fsp3) is 0.375. The molecule has 0 aliphatic rings. The van der Waals surface area contributed by atoms with Gasteiger partial charge in [0, 0.05) is 25.2 Å². The molecule has 64 valence electrons. The van der Waals surface area contributed by atoms with Crippen molar-refractivity contribution in [1.82, 2.24) is 9.55 Å². The Balaban J connectivity index is 2.34. The predicted molar refractivity (Wildman–Crippen MR) is 42.8 cm³/mol. The minimum Gasteiger partial charge on any atom is -0.303 e. The fourth-order valence-electron chi connectivity index (χ4n) is 0.872. The highest BCUT2D eigenvalue weighted by molar-refractivity contribution is 5.78. The smallest absolute Gasteiger partial charge is 0.231 e. The highest BCUT2D eigenvalue weighted by Crippen LogP contribution is 1.97. The van der Waals surface area contributed by atoms with E-state index in [1.807, 2.05) is 0 Å². The van der Waals surface area contributed by atoms with Gasteiger partial charge in [-0.3, -0.25) is 9.36 Å². The number of rotatable bonds is 4. The molecule has 0 saturated carbocycles. The first-order chi connectivity index (χ1) is 5.84. The molecule has 0 unspecified atom stereocenters. The second-order valence-electron chi connectivity index (χ2n) is 2.42. The number of imidazole rings is 1. The maximum absolute atomic E-state index is 11.2. The Hall–Kier alpha value is -1.45. The van der Waals surface area contributed by atoms with Gasteiger partial charge < -0.3 is 4.79 Å². The second-order valence-corrected chi connectivity index (χ2v) is 2.42. The van der Waals surface area contributed by atoms with E-state index in [9.17, 15) is 9.59 Å². The number of carbonyl (C=O) groups excluding carboxylic acids is 2. The van der Waals surface area contributed by atoms with Crippen molar-refractivity contribution in [2.24, 2.45) is 0 Å². The van der Waals surface area contributed by atoms with Crippen LogP contribution in [0.4, 0.5) is 0 Å². The van der Waals surface area contributed by atoms with E-state index in [1.54, 1.807) is 12.4 Å². The topological polar surface area (TPSA) is 52.0 Å². The number of hydrogen-bond donors (Lipinski definition) is 0. The first-order valence-corrected chi connectivity index (χ1v) is 3.79. The first kappa shape index (κ1) is 8.64. The summed E-state index contributed by atoms with van der Waals surface area (Å²) in [5.41, 5.74) is 0. The van der Waals surface area contributed by atoms with E-state index in [2.05, 4.69) is 4.98 Å². The van der Waals surface area contributed by atoms with Gasteiger partial charge in [0.2, 0.25) is 5.91 Å². The molecule has 0 radical (unpaired) electrons. The highest BCUT2D eigenvalue weighted by atomic mass is 16.2. The minimum absolute atomic E-state index is 0.0191. The van der Waals surface area contributed by atoms with Crippen LogP contribution in [0.1, 0.15) is 24.1 Å². The van der Waals surface area contributed by atoms with Gasteiger partial charge in [0.25, 0.3) is 0 Å². The van der Waals surface area contributed by atoms with E-state index in [0.717, 1.165) is 6.29 Å². The third-order valence-corrected chi connectivity index (χ3v) is 1.51. The molecule has 0 fully saturated rings. The van der Waals surface area contributed by atoms with Gasteiger partial charge in [-0.25, -0.2) is 4.98 Å². The third-order valence-electron chi connectivity index (χ3n) is 1.51. The van der Waals surface area contributed by atoms with Crippen LogP contribution >= 0.6 is 0 Å². The van der Waals surface area contributed by atoms with Crippen molar-refractivity contribution < 1.29 is 9.59 Å². The van der Waals surface area contributed by atoms with Crippen LogP contribution in [0.15, 0.2) is 18.7 Å². The summed E-state index contributed by atoms with van der Waals surface area (Å²) in [6, 6.07) is 0. The predicted octanol–water partition coefficient (Wildman–Crippen LogP) is 0.892. The summed E-state index contributed by atoms with van der Waals surface area (Å²) in [6.45, 7) is 0. The monoisotopic (exact) mass is 166 g/mol. The van der Waals surface area contributed by atoms with E-state index >= 15 is 0 Å². The van der Waals surface area contributed by atoms with E-state index < -0.39 is 0 Å². The number of unbranched alkanes of at least 4 members (excludes halogenated alkanes) is 1. The quantitative estimate of drug-likeness (QED) is 0.493. The fourth-order valence-corrected chi connectivity index (χ4v) is 0.872. The molecular weight excluding hydrogens is 156 g/mol. The molecule has 0 amide bonds. The summed E-state index contributed by atoms with van der Waals surface area (Å²) in [7, 11) is 0. The Morgan fingerprint density at radius 3 is 3.00 bits per heavy atom. The van der Waals surface area contributed by atoms with Gasteiger partial charge in [-0.15, -0.1) is 0 Å². The molecule has 0 aliphatic heterocycles. The molecule has 12 heavy (non-hydrogen) atoms. The summed E-state index contributed by atoms with van der Waals surface area (Å²) in [4.78, 5) is 24.9. The van der Waals surface area contributed by atoms with Crippen LogP contribution < -0.4 is 0 Å². The maximum atomic E-state index is 11.2. The molecule has 1 aromatic heterocycles. The highest BCUT2D eigenvalue weighted by Gasteiger charge is 2.01. The first-order valence-electron chi connectivity index (χ1n) is 3.79. The van der Waals surface area contributed by atoms with Crippen LogP contribution in [0.3, 0.4) is 0 Å². The Morgan fingerprint density at radius 2 is 2.42 bits per heavy atom. The lowest BCUT2D eigenvalue weighted by Crippen LogP contribution is -2.07. The summed E-state index contributed by atoms with van der Waals surface area (Å²) in [5, 5.41) is 0. The Kier molecular flexibility index (Phi) is 3.19. The maximum Gasteiger partial charge on any atom is 0.231 e. The third kappa shape index (κ3) is 2.30. The molecule has 1 heterocycles. The lowest BCUT2D eigenvalue weighted by molar-refractivity contribution is -0.107. The summed E-state index contributed by atoms with van der Waals surface area (Å²) >= 11 is 0. The van der Waals surface area contributed by atoms with E-state index in [1.165, 1.54) is 10.9 Å². The molecule has 0 aliphatic carbocycles. The molecular formula is C8H10N2O2. The molecule has 0 atom stereocenters. The van der Waals surface area contributed by atoms with Crippen LogP contribution in [0.5, 0.6) is 0 Å². The second kappa shape index (κ2) is 4.43. The van der Waals surface area contributed by atoms with E-state index in [0.29, 0.717) is 19.3 Å². The van der Waals surface area contributed by atoms with Crippen molar-refractivity contribution in [2.45, 2.75) is 19.3 Å². The lowest BCUT2D eigenvalue weighted by atomic mass is 10.2. The Morgan fingerprint density at radius 1 is 1.58 bits per heavy atom. The van der Waals surface area contributed by atoms with Gasteiger partial charge in [0.05, 0.1) is 0 Å². The summed E-state index contributed by atoms with van der Waals surface area (Å²) in [6.07, 6.45) is 6.89. The van der Waals surface area contributed by atoms with Crippen molar-refractivity contribution in [1.29, 1.82) is 0 Å². The van der Waals surface area contributed by atoms with Gasteiger partial charge in [-0.1, -0.05) is 0 Å². The van der Waals surface area contributed by atoms with Crippen LogP contribution in [0.2, 0.25) is 0 Å². The summed E-state index contributed by atoms with van der Waals surface area (Å²) in [5.74, 6) is -0.0191. The Labute approximate surface area is 70.2 Å². The molecule has 0 spiro atoms. The number of hydrogen-bond acceptors (Lipinski definition) is 3. The SMILES string of the molecule is O=CCCCC(=O)n1ccnc1. The van der Waals surface area contributed by atoms with Crippen molar-refractivity contribution >= 4 is 12.2 Å². The molecule has 0 N–H and O–H groups in total. The van der Waals surface area contributed by atoms with Crippen molar-refractivity contribution in [3.8, 4) is 0 Å². The zero-order chi connectivity index (χ0) is 8.81. The standard InChI is InChI=1S/C8H10N2O2/c11-6-2-1-3-8(12)10-5-4-9-7-10/h4-7H,1-3H2. The average Bonchev–Trinajstić information content (AvgIpc) is 2.56. The zero-order valence-corrected chi connectivity index (χ0v) is 6.64. The van der Waals surface area contributed by atoms with Crippen LogP contribution in [0, 0.1) is 0 Å². The molecule has 0 bridgehead atoms. The van der Waals surface area contributed by atoms with Gasteiger partial charge in [-0.05, 0) is 6.42 Å². The van der Waals surface area contributed by atoms with Gasteiger partial charge in [0.15, 0.2) is 0 Å². The largest absolute Gasteiger partial charge is 0.303 e. The molecule has 4 nitrogen and oxygen atoms in total. The molecule has 0 aromatic carbocycles. The number of carbonyl (C=O) groups is 2. The average molecular weight is 166 g/mol. The van der Waals surface area contributed by atoms with Gasteiger partial charge in [-0.2, -0.15) is 0 Å². The lowest BCUT2D eigenvalue weighted by Gasteiger charge is -1.97. The van der Waals surface area contributed by atoms with Crippen LogP contribution in [0.25, 0.3) is 0 Å². The van der Waals surface area contributed by atoms with Gasteiger partial charge >= 0.3 is 0 Å². The van der Waals surface area contributed by atoms with Crippen LogP contribution in [-0.4, -0.2) is 21.7 Å². The molecule has 4 heteroatoms. The molecule has 0 saturated heterocycles. The van der Waals surface area contributed by atoms with Crippen molar-refractivity contribution in [3.05, 3.63) is 18.7 Å².